The monoisotopic (exact) mass is 328 g/mol. The highest BCUT2D eigenvalue weighted by atomic mass is 13.9. The Balaban J connectivity index is 0.000000346. The molecule has 0 heteroatoms. The molecule has 0 atom stereocenters. The first kappa shape index (κ1) is 21.9. The maximum atomic E-state index is 3.72. The first-order valence-electron chi connectivity index (χ1n) is 8.04. The van der Waals surface area contributed by atoms with E-state index in [-0.39, 0.29) is 0 Å². The van der Waals surface area contributed by atoms with Gasteiger partial charge in [0.15, 0.2) is 0 Å². The number of hydrogen-bond acceptors (Lipinski definition) is 0. The summed E-state index contributed by atoms with van der Waals surface area (Å²) < 4.78 is 0. The zero-order valence-corrected chi connectivity index (χ0v) is 15.2. The molecule has 0 aliphatic carbocycles. The molecule has 0 unspecified atom stereocenters. The summed E-state index contributed by atoms with van der Waals surface area (Å²) >= 11 is 0. The smallest absolute Gasteiger partial charge is 0.0263 e. The lowest BCUT2D eigenvalue weighted by Crippen LogP contribution is -1.69. The van der Waals surface area contributed by atoms with E-state index in [2.05, 4.69) is 32.9 Å². The molecule has 0 amide bonds. The average Bonchev–Trinajstić information content (AvgIpc) is 2.68. The fraction of sp³-hybridized carbons (Fsp3) is 0.0400. The summed E-state index contributed by atoms with van der Waals surface area (Å²) in [6, 6.07) is 20.1. The van der Waals surface area contributed by atoms with E-state index in [0.717, 1.165) is 11.1 Å². The Kier molecular flexibility index (Phi) is 12.7. The average molecular weight is 328 g/mol. The Morgan fingerprint density at radius 3 is 1.20 bits per heavy atom. The molecule has 25 heavy (non-hydrogen) atoms. The summed E-state index contributed by atoms with van der Waals surface area (Å²) in [7, 11) is 0. The molecular formula is C25H28. The largest absolute Gasteiger partial charge is 0.0985 e. The molecule has 0 aromatic heterocycles. The molecule has 2 rings (SSSR count). The van der Waals surface area contributed by atoms with Gasteiger partial charge in [0.05, 0.1) is 0 Å². The van der Waals surface area contributed by atoms with Crippen LogP contribution < -0.4 is 0 Å². The van der Waals surface area contributed by atoms with Crippen molar-refractivity contribution >= 4 is 12.2 Å². The van der Waals surface area contributed by atoms with Crippen molar-refractivity contribution in [3.05, 3.63) is 134 Å². The number of rotatable bonds is 5. The van der Waals surface area contributed by atoms with Gasteiger partial charge >= 0.3 is 0 Å². The van der Waals surface area contributed by atoms with Gasteiger partial charge in [-0.2, -0.15) is 0 Å². The summed E-state index contributed by atoms with van der Waals surface area (Å²) in [6.45, 7) is 20.1. The predicted molar refractivity (Wildman–Crippen MR) is 116 cm³/mol. The van der Waals surface area contributed by atoms with Crippen molar-refractivity contribution in [3.8, 4) is 0 Å². The summed E-state index contributed by atoms with van der Waals surface area (Å²) in [5, 5.41) is 0. The first-order chi connectivity index (χ1) is 12.1. The van der Waals surface area contributed by atoms with E-state index >= 15 is 0 Å². The van der Waals surface area contributed by atoms with Gasteiger partial charge in [-0.05, 0) is 23.6 Å². The van der Waals surface area contributed by atoms with E-state index in [1.807, 2.05) is 85.8 Å². The SMILES string of the molecule is C=CC(C=C)=CC(=C)C.C=Cc1ccccc1.C=Cc1ccccc1. The third-order valence-corrected chi connectivity index (χ3v) is 2.96. The number of hydrogen-bond donors (Lipinski definition) is 0. The highest BCUT2D eigenvalue weighted by Gasteiger charge is 1.80. The molecule has 0 heterocycles. The Morgan fingerprint density at radius 2 is 1.04 bits per heavy atom. The van der Waals surface area contributed by atoms with Gasteiger partial charge in [0, 0.05) is 0 Å². The molecule has 0 aliphatic rings. The van der Waals surface area contributed by atoms with Crippen LogP contribution in [0.3, 0.4) is 0 Å². The second kappa shape index (κ2) is 14.5. The molecule has 0 N–H and O–H groups in total. The van der Waals surface area contributed by atoms with Gasteiger partial charge in [0.2, 0.25) is 0 Å². The van der Waals surface area contributed by atoms with Gasteiger partial charge in [0.25, 0.3) is 0 Å². The van der Waals surface area contributed by atoms with Crippen LogP contribution in [0.25, 0.3) is 12.2 Å². The van der Waals surface area contributed by atoms with Crippen molar-refractivity contribution < 1.29 is 0 Å². The molecule has 0 saturated heterocycles. The van der Waals surface area contributed by atoms with Gasteiger partial charge in [-0.3, -0.25) is 0 Å². The van der Waals surface area contributed by atoms with Crippen LogP contribution in [0.5, 0.6) is 0 Å². The first-order valence-corrected chi connectivity index (χ1v) is 8.04. The quantitative estimate of drug-likeness (QED) is 0.498. The van der Waals surface area contributed by atoms with E-state index in [1.165, 1.54) is 11.1 Å². The van der Waals surface area contributed by atoms with E-state index in [9.17, 15) is 0 Å². The molecule has 128 valence electrons. The zero-order valence-electron chi connectivity index (χ0n) is 15.2. The topological polar surface area (TPSA) is 0 Å². The Hall–Kier alpha value is -3.12. The molecule has 0 fully saturated rings. The lowest BCUT2D eigenvalue weighted by Gasteiger charge is -1.89. The summed E-state index contributed by atoms with van der Waals surface area (Å²) in [4.78, 5) is 0. The van der Waals surface area contributed by atoms with Crippen LogP contribution in [0.2, 0.25) is 0 Å². The second-order valence-electron chi connectivity index (χ2n) is 5.13. The fourth-order valence-electron chi connectivity index (χ4n) is 1.66. The van der Waals surface area contributed by atoms with Crippen LogP contribution in [0.4, 0.5) is 0 Å². The van der Waals surface area contributed by atoms with E-state index in [0.29, 0.717) is 0 Å². The summed E-state index contributed by atoms with van der Waals surface area (Å²) in [6.07, 6.45) is 9.10. The van der Waals surface area contributed by atoms with E-state index in [1.54, 1.807) is 12.2 Å². The Labute approximate surface area is 153 Å². The van der Waals surface area contributed by atoms with Crippen molar-refractivity contribution in [2.24, 2.45) is 0 Å². The molecule has 0 spiro atoms. The molecule has 0 nitrogen and oxygen atoms in total. The number of benzene rings is 2. The molecule has 2 aromatic rings. The van der Waals surface area contributed by atoms with Crippen LogP contribution in [-0.4, -0.2) is 0 Å². The predicted octanol–water partition coefficient (Wildman–Crippen LogP) is 7.52. The standard InChI is InChI=1S/C9H12.2C8H8/c1-5-9(6-2)7-8(3)4;2*1-2-8-6-4-3-5-7-8/h5-7H,1-3H2,4H3;2*2-7H,1H2. The van der Waals surface area contributed by atoms with Crippen LogP contribution >= 0.6 is 0 Å². The molecule has 2 aromatic carbocycles. The van der Waals surface area contributed by atoms with E-state index < -0.39 is 0 Å². The third-order valence-electron chi connectivity index (χ3n) is 2.96. The van der Waals surface area contributed by atoms with Crippen molar-refractivity contribution in [2.75, 3.05) is 0 Å². The Morgan fingerprint density at radius 1 is 0.680 bits per heavy atom. The lowest BCUT2D eigenvalue weighted by atomic mass is 10.2. The molecule has 0 bridgehead atoms. The van der Waals surface area contributed by atoms with Crippen molar-refractivity contribution in [1.29, 1.82) is 0 Å². The van der Waals surface area contributed by atoms with Gasteiger partial charge in [-0.25, -0.2) is 0 Å². The van der Waals surface area contributed by atoms with Crippen LogP contribution in [-0.2, 0) is 0 Å². The summed E-state index contributed by atoms with van der Waals surface area (Å²) in [5.74, 6) is 0. The normalized spacial score (nSPS) is 8.20. The minimum absolute atomic E-state index is 1.02. The zero-order chi connectivity index (χ0) is 18.9. The third kappa shape index (κ3) is 12.0. The van der Waals surface area contributed by atoms with Gasteiger partial charge in [0.1, 0.15) is 0 Å². The van der Waals surface area contributed by atoms with Gasteiger partial charge in [-0.15, -0.1) is 0 Å². The van der Waals surface area contributed by atoms with Crippen LogP contribution in [0.1, 0.15) is 18.1 Å². The van der Waals surface area contributed by atoms with Gasteiger partial charge < -0.3 is 0 Å². The molecule has 0 saturated carbocycles. The van der Waals surface area contributed by atoms with Crippen molar-refractivity contribution in [2.45, 2.75) is 6.92 Å². The maximum Gasteiger partial charge on any atom is -0.0263 e. The molecule has 0 radical (unpaired) electrons. The van der Waals surface area contributed by atoms with E-state index in [4.69, 9.17) is 0 Å². The van der Waals surface area contributed by atoms with Crippen molar-refractivity contribution in [3.63, 3.8) is 0 Å². The molecular weight excluding hydrogens is 300 g/mol. The van der Waals surface area contributed by atoms with Gasteiger partial charge in [-0.1, -0.05) is 130 Å². The lowest BCUT2D eigenvalue weighted by molar-refractivity contribution is 1.52. The van der Waals surface area contributed by atoms with Crippen LogP contribution in [0, 0.1) is 0 Å². The van der Waals surface area contributed by atoms with Crippen molar-refractivity contribution in [1.82, 2.24) is 0 Å². The van der Waals surface area contributed by atoms with Crippen LogP contribution in [0.15, 0.2) is 123 Å². The maximum absolute atomic E-state index is 3.72. The highest BCUT2D eigenvalue weighted by Crippen LogP contribution is 2.01. The highest BCUT2D eigenvalue weighted by molar-refractivity contribution is 5.46. The summed E-state index contributed by atoms with van der Waals surface area (Å²) in [5.41, 5.74) is 4.38. The minimum atomic E-state index is 1.02. The molecule has 0 aliphatic heterocycles. The second-order valence-corrected chi connectivity index (χ2v) is 5.13. The number of allylic oxidation sites excluding steroid dienone is 5. The minimum Gasteiger partial charge on any atom is -0.0985 e. The Bertz CT molecular complexity index is 632. The fourth-order valence-corrected chi connectivity index (χ4v) is 1.66.